The predicted octanol–water partition coefficient (Wildman–Crippen LogP) is 4.25. The first-order chi connectivity index (χ1) is 11.2. The molecule has 1 amide bonds. The van der Waals surface area contributed by atoms with Gasteiger partial charge in [-0.1, -0.05) is 48.5 Å². The minimum absolute atomic E-state index is 0.126. The summed E-state index contributed by atoms with van der Waals surface area (Å²) >= 11 is 0. The number of aryl methyl sites for hydroxylation is 1. The van der Waals surface area contributed by atoms with Crippen molar-refractivity contribution in [2.75, 3.05) is 13.2 Å². The molecule has 4 nitrogen and oxygen atoms in total. The molecule has 2 rings (SSSR count). The minimum atomic E-state index is -0.393. The highest BCUT2D eigenvalue weighted by Crippen LogP contribution is 2.26. The van der Waals surface area contributed by atoms with Gasteiger partial charge in [0.15, 0.2) is 0 Å². The lowest BCUT2D eigenvalue weighted by Crippen LogP contribution is -2.27. The fourth-order valence-corrected chi connectivity index (χ4v) is 2.29. The van der Waals surface area contributed by atoms with Crippen LogP contribution in [0.5, 0.6) is 5.75 Å². The van der Waals surface area contributed by atoms with Crippen molar-refractivity contribution in [3.8, 4) is 5.75 Å². The van der Waals surface area contributed by atoms with Gasteiger partial charge in [0.05, 0.1) is 6.61 Å². The molecule has 0 saturated carbocycles. The van der Waals surface area contributed by atoms with Gasteiger partial charge in [0.2, 0.25) is 0 Å². The lowest BCUT2D eigenvalue weighted by molar-refractivity contribution is 0.147. The summed E-state index contributed by atoms with van der Waals surface area (Å²) in [5, 5.41) is 2.74. The monoisotopic (exact) mass is 313 g/mol. The van der Waals surface area contributed by atoms with Crippen molar-refractivity contribution in [3.05, 3.63) is 65.7 Å². The van der Waals surface area contributed by atoms with Crippen LogP contribution in [0, 0.1) is 6.92 Å². The first-order valence-electron chi connectivity index (χ1n) is 7.88. The quantitative estimate of drug-likeness (QED) is 0.831. The van der Waals surface area contributed by atoms with Crippen molar-refractivity contribution in [3.63, 3.8) is 0 Å². The number of ether oxygens (including phenoxy) is 2. The molecular weight excluding hydrogens is 290 g/mol. The van der Waals surface area contributed by atoms with Crippen LogP contribution >= 0.6 is 0 Å². The topological polar surface area (TPSA) is 47.6 Å². The zero-order valence-electron chi connectivity index (χ0n) is 13.6. The van der Waals surface area contributed by atoms with Gasteiger partial charge in [0.1, 0.15) is 11.9 Å². The first kappa shape index (κ1) is 16.9. The normalized spacial score (nSPS) is 11.6. The number of carbonyl (C=O) groups excluding carboxylic acids is 1. The van der Waals surface area contributed by atoms with E-state index in [1.165, 1.54) is 0 Å². The fraction of sp³-hybridized carbons (Fsp3) is 0.316. The summed E-state index contributed by atoms with van der Waals surface area (Å²) in [5.41, 5.74) is 2.17. The Morgan fingerprint density at radius 1 is 1.09 bits per heavy atom. The van der Waals surface area contributed by atoms with Gasteiger partial charge in [0, 0.05) is 13.0 Å². The largest absolute Gasteiger partial charge is 0.485 e. The van der Waals surface area contributed by atoms with Crippen LogP contribution in [-0.4, -0.2) is 19.2 Å². The second-order valence-electron chi connectivity index (χ2n) is 5.22. The maximum absolute atomic E-state index is 11.4. The maximum Gasteiger partial charge on any atom is 0.407 e. The molecule has 1 N–H and O–H groups in total. The lowest BCUT2D eigenvalue weighted by Gasteiger charge is -2.21. The molecule has 23 heavy (non-hydrogen) atoms. The van der Waals surface area contributed by atoms with Crippen molar-refractivity contribution in [1.82, 2.24) is 5.32 Å². The van der Waals surface area contributed by atoms with Crippen molar-refractivity contribution in [2.24, 2.45) is 0 Å². The Bertz CT molecular complexity index is 613. The van der Waals surface area contributed by atoms with Crippen molar-refractivity contribution in [2.45, 2.75) is 26.4 Å². The number of hydrogen-bond acceptors (Lipinski definition) is 3. The smallest absolute Gasteiger partial charge is 0.407 e. The van der Waals surface area contributed by atoms with E-state index >= 15 is 0 Å². The molecule has 0 spiro atoms. The standard InChI is InChI=1S/C19H23NO3/c1-3-22-19(21)20-14-13-18(16-10-5-4-6-11-16)23-17-12-8-7-9-15(17)2/h4-12,18H,3,13-14H2,1-2H3,(H,20,21)/t18-/m0/s1. The molecule has 0 aromatic heterocycles. The number of para-hydroxylation sites is 1. The van der Waals surface area contributed by atoms with Crippen molar-refractivity contribution < 1.29 is 14.3 Å². The van der Waals surface area contributed by atoms with Gasteiger partial charge >= 0.3 is 6.09 Å². The Hall–Kier alpha value is -2.49. The van der Waals surface area contributed by atoms with E-state index in [1.807, 2.05) is 61.5 Å². The summed E-state index contributed by atoms with van der Waals surface area (Å²) in [5.74, 6) is 0.859. The molecular formula is C19H23NO3. The Morgan fingerprint density at radius 2 is 1.78 bits per heavy atom. The van der Waals surface area contributed by atoms with Gasteiger partial charge in [-0.15, -0.1) is 0 Å². The van der Waals surface area contributed by atoms with Crippen LogP contribution in [-0.2, 0) is 4.74 Å². The Morgan fingerprint density at radius 3 is 2.48 bits per heavy atom. The van der Waals surface area contributed by atoms with Crippen molar-refractivity contribution >= 4 is 6.09 Å². The second kappa shape index (κ2) is 8.83. The zero-order valence-corrected chi connectivity index (χ0v) is 13.6. The molecule has 0 saturated heterocycles. The second-order valence-corrected chi connectivity index (χ2v) is 5.22. The van der Waals surface area contributed by atoms with E-state index in [4.69, 9.17) is 9.47 Å². The van der Waals surface area contributed by atoms with Crippen molar-refractivity contribution in [1.29, 1.82) is 0 Å². The summed E-state index contributed by atoms with van der Waals surface area (Å²) in [7, 11) is 0. The molecule has 0 fully saturated rings. The van der Waals surface area contributed by atoms with Crippen LogP contribution in [0.25, 0.3) is 0 Å². The van der Waals surface area contributed by atoms with E-state index < -0.39 is 6.09 Å². The van der Waals surface area contributed by atoms with Crippen LogP contribution in [0.2, 0.25) is 0 Å². The number of carbonyl (C=O) groups is 1. The van der Waals surface area contributed by atoms with Crippen LogP contribution in [0.3, 0.4) is 0 Å². The summed E-state index contributed by atoms with van der Waals surface area (Å²) in [6, 6.07) is 18.0. The molecule has 2 aromatic rings. The third kappa shape index (κ3) is 5.33. The molecule has 0 bridgehead atoms. The van der Waals surface area contributed by atoms with Crippen LogP contribution in [0.4, 0.5) is 4.79 Å². The van der Waals surface area contributed by atoms with Crippen LogP contribution in [0.15, 0.2) is 54.6 Å². The molecule has 0 aliphatic heterocycles. The van der Waals surface area contributed by atoms with Crippen LogP contribution < -0.4 is 10.1 Å². The highest BCUT2D eigenvalue weighted by Gasteiger charge is 2.15. The van der Waals surface area contributed by atoms with Gasteiger partial charge < -0.3 is 14.8 Å². The van der Waals surface area contributed by atoms with E-state index in [2.05, 4.69) is 5.32 Å². The molecule has 0 aliphatic carbocycles. The summed E-state index contributed by atoms with van der Waals surface area (Å²) in [4.78, 5) is 11.4. The SMILES string of the molecule is CCOC(=O)NCC[C@H](Oc1ccccc1C)c1ccccc1. The summed E-state index contributed by atoms with van der Waals surface area (Å²) < 4.78 is 11.1. The van der Waals surface area contributed by atoms with E-state index in [0.29, 0.717) is 19.6 Å². The molecule has 0 heterocycles. The molecule has 122 valence electrons. The van der Waals surface area contributed by atoms with E-state index in [1.54, 1.807) is 6.92 Å². The first-order valence-corrected chi connectivity index (χ1v) is 7.88. The predicted molar refractivity (Wildman–Crippen MR) is 90.6 cm³/mol. The number of alkyl carbamates (subject to hydrolysis) is 1. The van der Waals surface area contributed by atoms with E-state index in [9.17, 15) is 4.79 Å². The zero-order chi connectivity index (χ0) is 16.5. The van der Waals surface area contributed by atoms with Gasteiger partial charge in [-0.05, 0) is 31.0 Å². The molecule has 2 aromatic carbocycles. The fourth-order valence-electron chi connectivity index (χ4n) is 2.29. The summed E-state index contributed by atoms with van der Waals surface area (Å²) in [6.07, 6.45) is 0.145. The number of amides is 1. The highest BCUT2D eigenvalue weighted by molar-refractivity contribution is 5.66. The maximum atomic E-state index is 11.4. The molecule has 0 radical (unpaired) electrons. The van der Waals surface area contributed by atoms with Crippen LogP contribution in [0.1, 0.15) is 30.6 Å². The Labute approximate surface area is 137 Å². The molecule has 4 heteroatoms. The minimum Gasteiger partial charge on any atom is -0.485 e. The van der Waals surface area contributed by atoms with E-state index in [0.717, 1.165) is 16.9 Å². The number of rotatable bonds is 7. The molecule has 0 aliphatic rings. The Kier molecular flexibility index (Phi) is 6.48. The molecule has 0 unspecified atom stereocenters. The van der Waals surface area contributed by atoms with Gasteiger partial charge in [-0.25, -0.2) is 4.79 Å². The van der Waals surface area contributed by atoms with Gasteiger partial charge in [0.25, 0.3) is 0 Å². The number of benzene rings is 2. The van der Waals surface area contributed by atoms with Gasteiger partial charge in [-0.3, -0.25) is 0 Å². The third-order valence-corrected chi connectivity index (χ3v) is 3.49. The Balaban J connectivity index is 2.04. The number of hydrogen-bond donors (Lipinski definition) is 1. The third-order valence-electron chi connectivity index (χ3n) is 3.49. The number of nitrogens with one attached hydrogen (secondary N) is 1. The van der Waals surface area contributed by atoms with E-state index in [-0.39, 0.29) is 6.10 Å². The average Bonchev–Trinajstić information content (AvgIpc) is 2.57. The van der Waals surface area contributed by atoms with Gasteiger partial charge in [-0.2, -0.15) is 0 Å². The lowest BCUT2D eigenvalue weighted by atomic mass is 10.1. The molecule has 1 atom stereocenters. The average molecular weight is 313 g/mol. The summed E-state index contributed by atoms with van der Waals surface area (Å²) in [6.45, 7) is 4.67. The highest BCUT2D eigenvalue weighted by atomic mass is 16.5.